The monoisotopic (exact) mass is 322 g/mol. The molecular formula is C9H11BrN2O4S. The van der Waals surface area contributed by atoms with Crippen LogP contribution in [0.4, 0.5) is 10.5 Å². The molecule has 0 saturated carbocycles. The molecule has 0 aromatic heterocycles. The second kappa shape index (κ2) is 5.87. The zero-order valence-corrected chi connectivity index (χ0v) is 11.1. The Bertz CT molecular complexity index is 486. The molecule has 0 atom stereocenters. The Morgan fingerprint density at radius 1 is 1.29 bits per heavy atom. The van der Waals surface area contributed by atoms with Crippen LogP contribution in [0.5, 0.6) is 0 Å². The molecule has 0 radical (unpaired) electrons. The molecule has 0 bridgehead atoms. The highest BCUT2D eigenvalue weighted by atomic mass is 79.9. The number of sulfonamides is 1. The first kappa shape index (κ1) is 13.8. The van der Waals surface area contributed by atoms with Crippen molar-refractivity contribution in [2.45, 2.75) is 0 Å². The SMILES string of the molecule is O=C(O)NCCS(=O)(=O)Nc1ccc(Br)cc1. The third kappa shape index (κ3) is 5.55. The number of halogens is 1. The van der Waals surface area contributed by atoms with E-state index in [1.165, 1.54) is 0 Å². The maximum Gasteiger partial charge on any atom is 0.404 e. The molecule has 0 saturated heterocycles. The summed E-state index contributed by atoms with van der Waals surface area (Å²) in [6.45, 7) is -0.152. The van der Waals surface area contributed by atoms with Crippen molar-refractivity contribution >= 4 is 37.7 Å². The number of carbonyl (C=O) groups is 1. The van der Waals surface area contributed by atoms with Crippen LogP contribution in [0.15, 0.2) is 28.7 Å². The number of anilines is 1. The molecule has 0 unspecified atom stereocenters. The third-order valence-corrected chi connectivity index (χ3v) is 3.58. The number of rotatable bonds is 5. The second-order valence-electron chi connectivity index (χ2n) is 3.16. The smallest absolute Gasteiger partial charge is 0.404 e. The molecule has 1 aromatic carbocycles. The van der Waals surface area contributed by atoms with E-state index in [0.717, 1.165) is 4.47 Å². The summed E-state index contributed by atoms with van der Waals surface area (Å²) < 4.78 is 26.2. The van der Waals surface area contributed by atoms with Gasteiger partial charge < -0.3 is 10.4 Å². The summed E-state index contributed by atoms with van der Waals surface area (Å²) in [6.07, 6.45) is -1.25. The summed E-state index contributed by atoms with van der Waals surface area (Å²) in [7, 11) is -3.53. The Labute approximate surface area is 107 Å². The number of carboxylic acid groups (broad SMARTS) is 1. The van der Waals surface area contributed by atoms with E-state index in [-0.39, 0.29) is 12.3 Å². The fraction of sp³-hybridized carbons (Fsp3) is 0.222. The van der Waals surface area contributed by atoms with Crippen LogP contribution in [0.2, 0.25) is 0 Å². The van der Waals surface area contributed by atoms with Gasteiger partial charge >= 0.3 is 6.09 Å². The van der Waals surface area contributed by atoms with Crippen LogP contribution in [-0.4, -0.2) is 31.9 Å². The van der Waals surface area contributed by atoms with E-state index in [1.54, 1.807) is 24.3 Å². The largest absolute Gasteiger partial charge is 0.465 e. The van der Waals surface area contributed by atoms with Crippen molar-refractivity contribution in [3.63, 3.8) is 0 Å². The Kier molecular flexibility index (Phi) is 4.76. The minimum Gasteiger partial charge on any atom is -0.465 e. The molecule has 0 aliphatic heterocycles. The highest BCUT2D eigenvalue weighted by molar-refractivity contribution is 9.10. The molecule has 1 amide bonds. The molecule has 1 aromatic rings. The van der Waals surface area contributed by atoms with Crippen LogP contribution in [-0.2, 0) is 10.0 Å². The summed E-state index contributed by atoms with van der Waals surface area (Å²) in [5.41, 5.74) is 0.434. The van der Waals surface area contributed by atoms with Crippen LogP contribution in [0.1, 0.15) is 0 Å². The van der Waals surface area contributed by atoms with Gasteiger partial charge in [-0.2, -0.15) is 0 Å². The van der Waals surface area contributed by atoms with Crippen LogP contribution >= 0.6 is 15.9 Å². The summed E-state index contributed by atoms with van der Waals surface area (Å²) in [5, 5.41) is 10.3. The minimum absolute atomic E-state index is 0.152. The highest BCUT2D eigenvalue weighted by Crippen LogP contribution is 2.15. The number of hydrogen-bond acceptors (Lipinski definition) is 3. The Morgan fingerprint density at radius 2 is 1.88 bits per heavy atom. The lowest BCUT2D eigenvalue weighted by Crippen LogP contribution is -2.29. The predicted molar refractivity (Wildman–Crippen MR) is 67.6 cm³/mol. The van der Waals surface area contributed by atoms with Crippen LogP contribution in [0, 0.1) is 0 Å². The average Bonchev–Trinajstić information content (AvgIpc) is 2.20. The summed E-state index contributed by atoms with van der Waals surface area (Å²) in [6, 6.07) is 6.61. The minimum atomic E-state index is -3.53. The van der Waals surface area contributed by atoms with Gasteiger partial charge in [0.1, 0.15) is 0 Å². The maximum atomic E-state index is 11.5. The molecule has 0 heterocycles. The topological polar surface area (TPSA) is 95.5 Å². The fourth-order valence-electron chi connectivity index (χ4n) is 1.04. The van der Waals surface area contributed by atoms with Crippen LogP contribution in [0.25, 0.3) is 0 Å². The Balaban J connectivity index is 2.54. The van der Waals surface area contributed by atoms with Crippen LogP contribution < -0.4 is 10.0 Å². The molecule has 94 valence electrons. The van der Waals surface area contributed by atoms with Gasteiger partial charge in [-0.1, -0.05) is 15.9 Å². The lowest BCUT2D eigenvalue weighted by atomic mass is 10.3. The van der Waals surface area contributed by atoms with E-state index < -0.39 is 16.1 Å². The zero-order chi connectivity index (χ0) is 12.9. The van der Waals surface area contributed by atoms with Crippen molar-refractivity contribution < 1.29 is 18.3 Å². The fourth-order valence-corrected chi connectivity index (χ4v) is 2.27. The summed E-state index contributed by atoms with van der Waals surface area (Å²) in [5.74, 6) is -0.310. The Morgan fingerprint density at radius 3 is 2.41 bits per heavy atom. The average molecular weight is 323 g/mol. The normalized spacial score (nSPS) is 10.9. The quantitative estimate of drug-likeness (QED) is 0.764. The van der Waals surface area contributed by atoms with Crippen molar-refractivity contribution in [1.82, 2.24) is 5.32 Å². The van der Waals surface area contributed by atoms with Crippen LogP contribution in [0.3, 0.4) is 0 Å². The van der Waals surface area contributed by atoms with Gasteiger partial charge in [-0.05, 0) is 24.3 Å². The van der Waals surface area contributed by atoms with Crippen molar-refractivity contribution in [2.24, 2.45) is 0 Å². The number of hydrogen-bond donors (Lipinski definition) is 3. The zero-order valence-electron chi connectivity index (χ0n) is 8.68. The lowest BCUT2D eigenvalue weighted by molar-refractivity contribution is 0.195. The molecule has 17 heavy (non-hydrogen) atoms. The molecule has 0 spiro atoms. The summed E-state index contributed by atoms with van der Waals surface area (Å²) in [4.78, 5) is 10.1. The highest BCUT2D eigenvalue weighted by Gasteiger charge is 2.10. The van der Waals surface area contributed by atoms with E-state index >= 15 is 0 Å². The molecule has 0 fully saturated rings. The third-order valence-electron chi connectivity index (χ3n) is 1.76. The molecule has 0 aliphatic carbocycles. The molecule has 0 aliphatic rings. The number of amides is 1. The van der Waals surface area contributed by atoms with Gasteiger partial charge in [0.25, 0.3) is 0 Å². The first-order valence-electron chi connectivity index (χ1n) is 4.62. The first-order chi connectivity index (χ1) is 7.89. The van der Waals surface area contributed by atoms with Crippen molar-refractivity contribution in [3.8, 4) is 0 Å². The van der Waals surface area contributed by atoms with Crippen molar-refractivity contribution in [2.75, 3.05) is 17.0 Å². The van der Waals surface area contributed by atoms with Gasteiger partial charge in [0, 0.05) is 16.7 Å². The molecule has 3 N–H and O–H groups in total. The van der Waals surface area contributed by atoms with Gasteiger partial charge in [0.05, 0.1) is 5.75 Å². The van der Waals surface area contributed by atoms with E-state index in [4.69, 9.17) is 5.11 Å². The van der Waals surface area contributed by atoms with E-state index in [2.05, 4.69) is 20.7 Å². The summed E-state index contributed by atoms with van der Waals surface area (Å²) >= 11 is 3.23. The standard InChI is InChI=1S/C9H11BrN2O4S/c10-7-1-3-8(4-2-7)12-17(15,16)6-5-11-9(13)14/h1-4,11-12H,5-6H2,(H,13,14). The van der Waals surface area contributed by atoms with Gasteiger partial charge in [0.2, 0.25) is 10.0 Å². The predicted octanol–water partition coefficient (Wildman–Crippen LogP) is 1.46. The molecule has 8 heteroatoms. The van der Waals surface area contributed by atoms with E-state index in [9.17, 15) is 13.2 Å². The van der Waals surface area contributed by atoms with Crippen molar-refractivity contribution in [3.05, 3.63) is 28.7 Å². The molecule has 1 rings (SSSR count). The van der Waals surface area contributed by atoms with E-state index in [1.807, 2.05) is 5.32 Å². The van der Waals surface area contributed by atoms with Crippen molar-refractivity contribution in [1.29, 1.82) is 0 Å². The van der Waals surface area contributed by atoms with Gasteiger partial charge in [0.15, 0.2) is 0 Å². The molecule has 6 nitrogen and oxygen atoms in total. The Hall–Kier alpha value is -1.28. The first-order valence-corrected chi connectivity index (χ1v) is 7.06. The maximum absolute atomic E-state index is 11.5. The second-order valence-corrected chi connectivity index (χ2v) is 5.92. The van der Waals surface area contributed by atoms with Gasteiger partial charge in [-0.15, -0.1) is 0 Å². The molecular weight excluding hydrogens is 312 g/mol. The lowest BCUT2D eigenvalue weighted by Gasteiger charge is -2.07. The van der Waals surface area contributed by atoms with Gasteiger partial charge in [-0.3, -0.25) is 4.72 Å². The number of nitrogens with one attached hydrogen (secondary N) is 2. The van der Waals surface area contributed by atoms with E-state index in [0.29, 0.717) is 5.69 Å². The number of benzene rings is 1. The van der Waals surface area contributed by atoms with Gasteiger partial charge in [-0.25, -0.2) is 13.2 Å².